The lowest BCUT2D eigenvalue weighted by Gasteiger charge is -2.16. The molecule has 0 amide bonds. The minimum atomic E-state index is -5.00. The van der Waals surface area contributed by atoms with E-state index in [4.69, 9.17) is 5.11 Å². The summed E-state index contributed by atoms with van der Waals surface area (Å²) < 4.78 is 41.9. The van der Waals surface area contributed by atoms with Crippen molar-refractivity contribution in [2.45, 2.75) is 13.1 Å². The van der Waals surface area contributed by atoms with E-state index in [2.05, 4.69) is 4.74 Å². The van der Waals surface area contributed by atoms with Crippen LogP contribution in [0.5, 0.6) is 5.75 Å². The average Bonchev–Trinajstić information content (AvgIpc) is 2.26. The maximum absolute atomic E-state index is 12.4. The van der Waals surface area contributed by atoms with Gasteiger partial charge in [0.15, 0.2) is 11.7 Å². The Kier molecular flexibility index (Phi) is 4.53. The number of carboxylic acid groups (broad SMARTS) is 1. The summed E-state index contributed by atoms with van der Waals surface area (Å²) in [6, 6.07) is 3.87. The highest BCUT2D eigenvalue weighted by molar-refractivity contribution is 5.71. The van der Waals surface area contributed by atoms with Crippen molar-refractivity contribution in [2.75, 3.05) is 6.61 Å². The molecule has 0 saturated carbocycles. The Hall–Kier alpha value is -2.32. The van der Waals surface area contributed by atoms with Gasteiger partial charge in [0, 0.05) is 5.56 Å². The molecule has 110 valence electrons. The number of aryl methyl sites for hydroxylation is 1. The highest BCUT2D eigenvalue weighted by Crippen LogP contribution is 2.32. The molecule has 0 saturated heterocycles. The van der Waals surface area contributed by atoms with Crippen LogP contribution in [0.3, 0.4) is 0 Å². The monoisotopic (exact) mass is 293 g/mol. The van der Waals surface area contributed by atoms with Gasteiger partial charge in [0.2, 0.25) is 0 Å². The number of hydrogen-bond acceptors (Lipinski definition) is 4. The second kappa shape index (κ2) is 5.76. The van der Waals surface area contributed by atoms with E-state index in [-0.39, 0.29) is 5.56 Å². The molecule has 1 atom stereocenters. The fourth-order valence-corrected chi connectivity index (χ4v) is 1.46. The summed E-state index contributed by atoms with van der Waals surface area (Å²) in [4.78, 5) is 20.5. The van der Waals surface area contributed by atoms with Gasteiger partial charge in [-0.2, -0.15) is 13.2 Å². The van der Waals surface area contributed by atoms with Crippen LogP contribution in [0.25, 0.3) is 0 Å². The van der Waals surface area contributed by atoms with Crippen molar-refractivity contribution in [1.82, 2.24) is 0 Å². The van der Waals surface area contributed by atoms with Crippen LogP contribution in [0.4, 0.5) is 18.9 Å². The molecule has 0 bridgehead atoms. The topological polar surface area (TPSA) is 89.7 Å². The number of carboxylic acids is 1. The number of halogens is 3. The largest absolute Gasteiger partial charge is 0.486 e. The molecule has 0 aliphatic heterocycles. The third-order valence-corrected chi connectivity index (χ3v) is 2.48. The molecule has 0 radical (unpaired) electrons. The van der Waals surface area contributed by atoms with Crippen molar-refractivity contribution in [3.8, 4) is 5.75 Å². The number of alkyl halides is 3. The van der Waals surface area contributed by atoms with Crippen LogP contribution in [0, 0.1) is 23.0 Å². The zero-order valence-corrected chi connectivity index (χ0v) is 10.2. The minimum Gasteiger partial charge on any atom is -0.486 e. The lowest BCUT2D eigenvalue weighted by Crippen LogP contribution is -2.35. The lowest BCUT2D eigenvalue weighted by molar-refractivity contribution is -0.386. The fourth-order valence-electron chi connectivity index (χ4n) is 1.46. The predicted octanol–water partition coefficient (Wildman–Crippen LogP) is 2.55. The van der Waals surface area contributed by atoms with Crippen LogP contribution in [0.2, 0.25) is 0 Å². The van der Waals surface area contributed by atoms with E-state index in [1.807, 2.05) is 0 Å². The third-order valence-electron chi connectivity index (χ3n) is 2.48. The number of rotatable bonds is 5. The van der Waals surface area contributed by atoms with Gasteiger partial charge in [0.05, 0.1) is 4.92 Å². The summed E-state index contributed by atoms with van der Waals surface area (Å²) in [5.41, 5.74) is -0.287. The third kappa shape index (κ3) is 3.59. The van der Waals surface area contributed by atoms with E-state index in [0.717, 1.165) is 6.07 Å². The van der Waals surface area contributed by atoms with Gasteiger partial charge in [0.25, 0.3) is 0 Å². The van der Waals surface area contributed by atoms with Gasteiger partial charge in [-0.1, -0.05) is 12.1 Å². The number of para-hydroxylation sites is 1. The molecule has 1 aromatic rings. The molecular weight excluding hydrogens is 283 g/mol. The summed E-state index contributed by atoms with van der Waals surface area (Å²) in [6.07, 6.45) is -5.00. The summed E-state index contributed by atoms with van der Waals surface area (Å²) in [6.45, 7) is 0.159. The van der Waals surface area contributed by atoms with E-state index in [1.165, 1.54) is 19.1 Å². The van der Waals surface area contributed by atoms with Crippen molar-refractivity contribution in [3.05, 3.63) is 33.9 Å². The molecule has 1 rings (SSSR count). The van der Waals surface area contributed by atoms with E-state index in [9.17, 15) is 28.1 Å². The van der Waals surface area contributed by atoms with E-state index >= 15 is 0 Å². The van der Waals surface area contributed by atoms with E-state index in [0.29, 0.717) is 0 Å². The first-order valence-electron chi connectivity index (χ1n) is 5.31. The van der Waals surface area contributed by atoms with Crippen molar-refractivity contribution in [2.24, 2.45) is 5.92 Å². The molecule has 1 unspecified atom stereocenters. The molecule has 0 aromatic heterocycles. The van der Waals surface area contributed by atoms with Gasteiger partial charge in [-0.3, -0.25) is 14.9 Å². The number of aliphatic carboxylic acids is 1. The molecule has 0 spiro atoms. The maximum atomic E-state index is 12.4. The van der Waals surface area contributed by atoms with Gasteiger partial charge < -0.3 is 9.84 Å². The fraction of sp³-hybridized carbons (Fsp3) is 0.364. The summed E-state index contributed by atoms with van der Waals surface area (Å²) in [5.74, 6) is -5.25. The summed E-state index contributed by atoms with van der Waals surface area (Å²) in [7, 11) is 0. The SMILES string of the molecule is Cc1cccc(OCC(C(=O)O)C(F)(F)F)c1[N+](=O)[O-]. The molecule has 6 nitrogen and oxygen atoms in total. The first-order chi connectivity index (χ1) is 9.14. The van der Waals surface area contributed by atoms with Crippen LogP contribution < -0.4 is 4.74 Å². The predicted molar refractivity (Wildman–Crippen MR) is 60.5 cm³/mol. The van der Waals surface area contributed by atoms with Crippen molar-refractivity contribution >= 4 is 11.7 Å². The molecular formula is C11H10F3NO5. The van der Waals surface area contributed by atoms with Gasteiger partial charge in [0.1, 0.15) is 6.61 Å². The van der Waals surface area contributed by atoms with Crippen molar-refractivity contribution < 1.29 is 32.7 Å². The Morgan fingerprint density at radius 1 is 1.50 bits per heavy atom. The molecule has 1 aromatic carbocycles. The zero-order valence-electron chi connectivity index (χ0n) is 10.2. The molecule has 0 fully saturated rings. The highest BCUT2D eigenvalue weighted by atomic mass is 19.4. The van der Waals surface area contributed by atoms with Crippen LogP contribution in [-0.2, 0) is 4.79 Å². The summed E-state index contributed by atoms with van der Waals surface area (Å²) in [5, 5.41) is 19.3. The van der Waals surface area contributed by atoms with Crippen LogP contribution in [-0.4, -0.2) is 28.8 Å². The van der Waals surface area contributed by atoms with E-state index in [1.54, 1.807) is 0 Å². The number of carbonyl (C=O) groups is 1. The Bertz CT molecular complexity index is 529. The standard InChI is InChI=1S/C11H10F3NO5/c1-6-3-2-4-8(9(6)15(18)19)20-5-7(10(16)17)11(12,13)14/h2-4,7H,5H2,1H3,(H,16,17). The number of nitro groups is 1. The van der Waals surface area contributed by atoms with Crippen molar-refractivity contribution in [1.29, 1.82) is 0 Å². The van der Waals surface area contributed by atoms with Crippen LogP contribution in [0.15, 0.2) is 18.2 Å². The van der Waals surface area contributed by atoms with Gasteiger partial charge in [-0.25, -0.2) is 0 Å². The molecule has 0 heterocycles. The Morgan fingerprint density at radius 3 is 2.55 bits per heavy atom. The molecule has 1 N–H and O–H groups in total. The van der Waals surface area contributed by atoms with Crippen LogP contribution in [0.1, 0.15) is 5.56 Å². The minimum absolute atomic E-state index is 0.200. The normalized spacial score (nSPS) is 12.8. The lowest BCUT2D eigenvalue weighted by atomic mass is 10.1. The number of nitro benzene ring substituents is 1. The number of hydrogen-bond donors (Lipinski definition) is 1. The first-order valence-corrected chi connectivity index (χ1v) is 5.31. The average molecular weight is 293 g/mol. The smallest absolute Gasteiger partial charge is 0.405 e. The maximum Gasteiger partial charge on any atom is 0.405 e. The second-order valence-corrected chi connectivity index (χ2v) is 3.92. The zero-order chi connectivity index (χ0) is 15.5. The molecule has 0 aliphatic carbocycles. The van der Waals surface area contributed by atoms with Gasteiger partial charge in [-0.05, 0) is 13.0 Å². The molecule has 9 heteroatoms. The summed E-state index contributed by atoms with van der Waals surface area (Å²) >= 11 is 0. The quantitative estimate of drug-likeness (QED) is 0.665. The Morgan fingerprint density at radius 2 is 2.10 bits per heavy atom. The number of benzene rings is 1. The Balaban J connectivity index is 2.98. The van der Waals surface area contributed by atoms with Crippen molar-refractivity contribution in [3.63, 3.8) is 0 Å². The number of ether oxygens (including phenoxy) is 1. The molecule has 20 heavy (non-hydrogen) atoms. The van der Waals surface area contributed by atoms with Crippen LogP contribution >= 0.6 is 0 Å². The highest BCUT2D eigenvalue weighted by Gasteiger charge is 2.46. The first kappa shape index (κ1) is 15.7. The van der Waals surface area contributed by atoms with Gasteiger partial charge in [-0.15, -0.1) is 0 Å². The van der Waals surface area contributed by atoms with Gasteiger partial charge >= 0.3 is 17.8 Å². The molecule has 0 aliphatic rings. The second-order valence-electron chi connectivity index (χ2n) is 3.92. The van der Waals surface area contributed by atoms with E-state index < -0.39 is 41.0 Å². The number of nitrogens with zero attached hydrogens (tertiary/aromatic N) is 1. The Labute approximate surface area is 110 Å².